The number of nitrogens with one attached hydrogen (secondary N) is 1. The fourth-order valence-corrected chi connectivity index (χ4v) is 3.09. The van der Waals surface area contributed by atoms with Crippen molar-refractivity contribution in [2.75, 3.05) is 31.2 Å². The summed E-state index contributed by atoms with van der Waals surface area (Å²) in [7, 11) is 1.60. The molecule has 0 radical (unpaired) electrons. The Morgan fingerprint density at radius 2 is 2.25 bits per heavy atom. The highest BCUT2D eigenvalue weighted by atomic mass is 16.5. The number of carbonyl (C=O) groups is 1. The van der Waals surface area contributed by atoms with Crippen molar-refractivity contribution in [2.45, 2.75) is 6.42 Å². The fourth-order valence-electron chi connectivity index (χ4n) is 3.09. The number of pyridine rings is 2. The Hall–Kier alpha value is -3.40. The normalized spacial score (nSPS) is 13.3. The van der Waals surface area contributed by atoms with Crippen molar-refractivity contribution >= 4 is 23.1 Å². The van der Waals surface area contributed by atoms with Crippen molar-refractivity contribution in [1.29, 1.82) is 0 Å². The van der Waals surface area contributed by atoms with Crippen LogP contribution >= 0.6 is 0 Å². The molecule has 0 aromatic carbocycles. The molecule has 2 N–H and O–H groups in total. The van der Waals surface area contributed by atoms with Gasteiger partial charge >= 0.3 is 5.69 Å². The van der Waals surface area contributed by atoms with Crippen LogP contribution in [-0.2, 0) is 7.05 Å². The number of hydrogen-bond donors (Lipinski definition) is 2. The third-order valence-corrected chi connectivity index (χ3v) is 4.51. The Morgan fingerprint density at radius 3 is 3.07 bits per heavy atom. The summed E-state index contributed by atoms with van der Waals surface area (Å²) in [6, 6.07) is 5.29. The molecule has 1 aliphatic heterocycles. The fraction of sp³-hybridized carbons (Fsp3) is 0.333. The summed E-state index contributed by atoms with van der Waals surface area (Å²) < 4.78 is 8.46. The minimum atomic E-state index is -0.265. The summed E-state index contributed by atoms with van der Waals surface area (Å²) in [5.74, 6) is 0.846. The average Bonchev–Trinajstić information content (AvgIpc) is 3.00. The number of anilines is 2. The van der Waals surface area contributed by atoms with E-state index in [0.29, 0.717) is 48.9 Å². The van der Waals surface area contributed by atoms with Crippen LogP contribution in [0.4, 0.5) is 11.5 Å². The first-order chi connectivity index (χ1) is 13.6. The standard InChI is InChI=1S/C18H20N6O4/c1-22-18(27)24-5-3-13(10-15(24)21-22)23-6-8-28-14-9-12(11-20-16(14)23)17(26)19-4-2-7-25/h3,5,9-11,25H,2,4,6-8H2,1H3,(H,19,26). The second kappa shape index (κ2) is 7.31. The Kier molecular flexibility index (Phi) is 4.70. The minimum absolute atomic E-state index is 0.0214. The molecule has 0 fully saturated rings. The van der Waals surface area contributed by atoms with Crippen molar-refractivity contribution < 1.29 is 14.6 Å². The number of nitrogens with zero attached hydrogens (tertiary/aromatic N) is 5. The van der Waals surface area contributed by atoms with Gasteiger partial charge < -0.3 is 20.1 Å². The summed E-state index contributed by atoms with van der Waals surface area (Å²) in [4.78, 5) is 30.6. The van der Waals surface area contributed by atoms with E-state index in [-0.39, 0.29) is 18.2 Å². The number of carbonyl (C=O) groups excluding carboxylic acids is 1. The van der Waals surface area contributed by atoms with E-state index in [1.165, 1.54) is 15.3 Å². The third-order valence-electron chi connectivity index (χ3n) is 4.51. The lowest BCUT2D eigenvalue weighted by atomic mass is 10.2. The van der Waals surface area contributed by atoms with Gasteiger partial charge in [-0.15, -0.1) is 0 Å². The van der Waals surface area contributed by atoms with Crippen LogP contribution in [0.25, 0.3) is 5.65 Å². The van der Waals surface area contributed by atoms with E-state index < -0.39 is 0 Å². The molecule has 0 spiro atoms. The molecule has 146 valence electrons. The van der Waals surface area contributed by atoms with Gasteiger partial charge in [-0.1, -0.05) is 0 Å². The molecular formula is C18H20N6O4. The minimum Gasteiger partial charge on any atom is -0.488 e. The molecule has 10 heteroatoms. The predicted molar refractivity (Wildman–Crippen MR) is 101 cm³/mol. The highest BCUT2D eigenvalue weighted by Gasteiger charge is 2.23. The number of aliphatic hydroxyl groups excluding tert-OH is 1. The van der Waals surface area contributed by atoms with Crippen LogP contribution in [-0.4, -0.2) is 56.5 Å². The molecule has 0 saturated heterocycles. The topological polar surface area (TPSA) is 114 Å². The molecule has 0 atom stereocenters. The smallest absolute Gasteiger partial charge is 0.350 e. The van der Waals surface area contributed by atoms with Crippen molar-refractivity contribution in [3.63, 3.8) is 0 Å². The maximum atomic E-state index is 12.2. The van der Waals surface area contributed by atoms with E-state index in [0.717, 1.165) is 5.69 Å². The van der Waals surface area contributed by atoms with E-state index >= 15 is 0 Å². The Balaban J connectivity index is 1.64. The van der Waals surface area contributed by atoms with Crippen LogP contribution in [0.15, 0.2) is 35.4 Å². The highest BCUT2D eigenvalue weighted by Crippen LogP contribution is 2.35. The summed E-state index contributed by atoms with van der Waals surface area (Å²) in [6.07, 6.45) is 3.67. The van der Waals surface area contributed by atoms with Crippen LogP contribution in [0.2, 0.25) is 0 Å². The second-order valence-electron chi connectivity index (χ2n) is 6.40. The van der Waals surface area contributed by atoms with Gasteiger partial charge in [0, 0.05) is 44.3 Å². The molecule has 1 aliphatic rings. The molecule has 0 aliphatic carbocycles. The van der Waals surface area contributed by atoms with E-state index in [9.17, 15) is 9.59 Å². The lowest BCUT2D eigenvalue weighted by Crippen LogP contribution is -2.30. The summed E-state index contributed by atoms with van der Waals surface area (Å²) in [5, 5.41) is 15.8. The van der Waals surface area contributed by atoms with Gasteiger partial charge in [0.15, 0.2) is 17.2 Å². The molecule has 1 amide bonds. The molecule has 28 heavy (non-hydrogen) atoms. The van der Waals surface area contributed by atoms with Crippen LogP contribution in [0.5, 0.6) is 5.75 Å². The molecule has 3 aromatic heterocycles. The SMILES string of the molecule is Cn1nc2cc(N3CCOc4cc(C(=O)NCCCO)cnc43)ccn2c1=O. The first-order valence-electron chi connectivity index (χ1n) is 8.93. The summed E-state index contributed by atoms with van der Waals surface area (Å²) >= 11 is 0. The number of aliphatic hydroxyl groups is 1. The zero-order valence-electron chi connectivity index (χ0n) is 15.3. The average molecular weight is 384 g/mol. The van der Waals surface area contributed by atoms with Gasteiger partial charge in [-0.2, -0.15) is 5.10 Å². The van der Waals surface area contributed by atoms with Gasteiger partial charge in [0.05, 0.1) is 12.1 Å². The van der Waals surface area contributed by atoms with Gasteiger partial charge in [0.1, 0.15) is 6.61 Å². The molecule has 0 bridgehead atoms. The number of aryl methyl sites for hydroxylation is 1. The number of rotatable bonds is 5. The molecule has 4 rings (SSSR count). The lowest BCUT2D eigenvalue weighted by Gasteiger charge is -2.30. The molecule has 4 heterocycles. The van der Waals surface area contributed by atoms with Crippen molar-refractivity contribution in [3.05, 3.63) is 46.6 Å². The van der Waals surface area contributed by atoms with Crippen molar-refractivity contribution in [1.82, 2.24) is 24.5 Å². The van der Waals surface area contributed by atoms with Gasteiger partial charge in [0.25, 0.3) is 5.91 Å². The number of fused-ring (bicyclic) bond motifs is 2. The Bertz CT molecular complexity index is 1090. The zero-order valence-corrected chi connectivity index (χ0v) is 15.3. The van der Waals surface area contributed by atoms with Crippen LogP contribution in [0.3, 0.4) is 0 Å². The Morgan fingerprint density at radius 1 is 1.39 bits per heavy atom. The lowest BCUT2D eigenvalue weighted by molar-refractivity contribution is 0.0950. The van der Waals surface area contributed by atoms with Crippen LogP contribution in [0, 0.1) is 0 Å². The van der Waals surface area contributed by atoms with Gasteiger partial charge in [-0.05, 0) is 18.6 Å². The summed E-state index contributed by atoms with van der Waals surface area (Å²) in [6.45, 7) is 1.43. The number of amides is 1. The number of hydrogen-bond acceptors (Lipinski definition) is 7. The molecule has 0 unspecified atom stereocenters. The van der Waals surface area contributed by atoms with Gasteiger partial charge in [0.2, 0.25) is 0 Å². The van der Waals surface area contributed by atoms with Crippen LogP contribution in [0.1, 0.15) is 16.8 Å². The van der Waals surface area contributed by atoms with Gasteiger partial charge in [-0.25, -0.2) is 14.5 Å². The van der Waals surface area contributed by atoms with Crippen molar-refractivity contribution in [2.24, 2.45) is 7.05 Å². The number of ether oxygens (including phenoxy) is 1. The molecule has 3 aromatic rings. The first kappa shape index (κ1) is 18.0. The summed E-state index contributed by atoms with van der Waals surface area (Å²) in [5.41, 5.74) is 1.55. The predicted octanol–water partition coefficient (Wildman–Crippen LogP) is 0.0707. The zero-order chi connectivity index (χ0) is 19.7. The largest absolute Gasteiger partial charge is 0.488 e. The maximum absolute atomic E-state index is 12.2. The quantitative estimate of drug-likeness (QED) is 0.599. The first-order valence-corrected chi connectivity index (χ1v) is 8.93. The monoisotopic (exact) mass is 384 g/mol. The van der Waals surface area contributed by atoms with Crippen molar-refractivity contribution in [3.8, 4) is 5.75 Å². The molecular weight excluding hydrogens is 364 g/mol. The molecule has 0 saturated carbocycles. The Labute approximate surface area is 160 Å². The number of aromatic nitrogens is 4. The molecule has 10 nitrogen and oxygen atoms in total. The van der Waals surface area contributed by atoms with Gasteiger partial charge in [-0.3, -0.25) is 9.20 Å². The second-order valence-corrected chi connectivity index (χ2v) is 6.40. The highest BCUT2D eigenvalue weighted by molar-refractivity contribution is 5.94. The van der Waals surface area contributed by atoms with E-state index in [4.69, 9.17) is 9.84 Å². The van der Waals surface area contributed by atoms with Crippen LogP contribution < -0.4 is 20.6 Å². The van der Waals surface area contributed by atoms with E-state index in [1.807, 2.05) is 17.0 Å². The van der Waals surface area contributed by atoms with E-state index in [1.54, 1.807) is 19.3 Å². The van der Waals surface area contributed by atoms with E-state index in [2.05, 4.69) is 15.4 Å². The maximum Gasteiger partial charge on any atom is 0.350 e. The third kappa shape index (κ3) is 3.18.